The van der Waals surface area contributed by atoms with E-state index in [1.54, 1.807) is 11.1 Å². The highest BCUT2D eigenvalue weighted by atomic mass is 19.1. The highest BCUT2D eigenvalue weighted by molar-refractivity contribution is 5.94. The van der Waals surface area contributed by atoms with Crippen LogP contribution in [0.15, 0.2) is 48.7 Å². The second-order valence-corrected chi connectivity index (χ2v) is 6.56. The molecule has 2 amide bonds. The van der Waals surface area contributed by atoms with Gasteiger partial charge in [0.15, 0.2) is 0 Å². The van der Waals surface area contributed by atoms with Gasteiger partial charge in [0.05, 0.1) is 11.7 Å². The number of halogens is 1. The van der Waals surface area contributed by atoms with Crippen molar-refractivity contribution < 1.29 is 14.0 Å². The fourth-order valence-corrected chi connectivity index (χ4v) is 3.16. The number of nitrogens with zero attached hydrogens (tertiary/aromatic N) is 2. The Kier molecular flexibility index (Phi) is 5.61. The zero-order valence-electron chi connectivity index (χ0n) is 14.7. The summed E-state index contributed by atoms with van der Waals surface area (Å²) < 4.78 is 13.0. The fraction of sp³-hybridized carbons (Fsp3) is 0.350. The Morgan fingerprint density at radius 3 is 2.46 bits per heavy atom. The van der Waals surface area contributed by atoms with Crippen molar-refractivity contribution in [3.63, 3.8) is 0 Å². The van der Waals surface area contributed by atoms with Gasteiger partial charge < -0.3 is 10.2 Å². The maximum absolute atomic E-state index is 13.0. The van der Waals surface area contributed by atoms with Gasteiger partial charge in [-0.1, -0.05) is 6.07 Å². The lowest BCUT2D eigenvalue weighted by atomic mass is 9.95. The zero-order valence-corrected chi connectivity index (χ0v) is 14.7. The molecular formula is C20H22FN3O2. The molecule has 3 rings (SSSR count). The average molecular weight is 355 g/mol. The van der Waals surface area contributed by atoms with Crippen LogP contribution in [-0.4, -0.2) is 34.8 Å². The number of amides is 2. The lowest BCUT2D eigenvalue weighted by molar-refractivity contribution is -0.127. The summed E-state index contributed by atoms with van der Waals surface area (Å²) in [4.78, 5) is 30.9. The monoisotopic (exact) mass is 355 g/mol. The van der Waals surface area contributed by atoms with Gasteiger partial charge >= 0.3 is 0 Å². The number of hydrogen-bond acceptors (Lipinski definition) is 3. The molecule has 0 spiro atoms. The quantitative estimate of drug-likeness (QED) is 0.917. The van der Waals surface area contributed by atoms with Gasteiger partial charge in [0, 0.05) is 30.8 Å². The van der Waals surface area contributed by atoms with Crippen LogP contribution in [0, 0.1) is 11.7 Å². The molecule has 1 aromatic heterocycles. The topological polar surface area (TPSA) is 62.3 Å². The van der Waals surface area contributed by atoms with E-state index in [9.17, 15) is 14.0 Å². The Morgan fingerprint density at radius 1 is 1.15 bits per heavy atom. The molecule has 0 unspecified atom stereocenters. The predicted octanol–water partition coefficient (Wildman–Crippen LogP) is 2.95. The third kappa shape index (κ3) is 4.25. The summed E-state index contributed by atoms with van der Waals surface area (Å²) in [5.41, 5.74) is 1.29. The Balaban J connectivity index is 1.52. The van der Waals surface area contributed by atoms with E-state index in [-0.39, 0.29) is 29.6 Å². The number of pyridine rings is 1. The summed E-state index contributed by atoms with van der Waals surface area (Å²) in [5.74, 6) is -0.597. The largest absolute Gasteiger partial charge is 0.348 e. The smallest absolute Gasteiger partial charge is 0.253 e. The molecule has 1 aromatic carbocycles. The van der Waals surface area contributed by atoms with E-state index < -0.39 is 0 Å². The van der Waals surface area contributed by atoms with Crippen molar-refractivity contribution in [1.29, 1.82) is 0 Å². The van der Waals surface area contributed by atoms with Crippen molar-refractivity contribution in [3.05, 3.63) is 65.7 Å². The number of benzene rings is 1. The molecule has 1 saturated heterocycles. The Bertz CT molecular complexity index is 756. The van der Waals surface area contributed by atoms with Gasteiger partial charge in [-0.05, 0) is 56.2 Å². The van der Waals surface area contributed by atoms with Gasteiger partial charge in [-0.25, -0.2) is 4.39 Å². The zero-order chi connectivity index (χ0) is 18.5. The van der Waals surface area contributed by atoms with Crippen LogP contribution >= 0.6 is 0 Å². The molecule has 26 heavy (non-hydrogen) atoms. The van der Waals surface area contributed by atoms with E-state index in [0.717, 1.165) is 5.69 Å². The van der Waals surface area contributed by atoms with Crippen molar-refractivity contribution in [2.24, 2.45) is 5.92 Å². The van der Waals surface area contributed by atoms with Gasteiger partial charge in [0.1, 0.15) is 5.82 Å². The first-order valence-electron chi connectivity index (χ1n) is 8.81. The number of carbonyl (C=O) groups is 2. The van der Waals surface area contributed by atoms with Crippen LogP contribution in [0.25, 0.3) is 0 Å². The van der Waals surface area contributed by atoms with Crippen LogP contribution in [-0.2, 0) is 4.79 Å². The van der Waals surface area contributed by atoms with Gasteiger partial charge in [-0.15, -0.1) is 0 Å². The number of rotatable bonds is 4. The van der Waals surface area contributed by atoms with E-state index in [0.29, 0.717) is 31.5 Å². The minimum absolute atomic E-state index is 0.00275. The molecule has 0 aliphatic carbocycles. The molecule has 1 fully saturated rings. The summed E-state index contributed by atoms with van der Waals surface area (Å²) in [6.45, 7) is 2.95. The maximum atomic E-state index is 13.0. The molecule has 2 heterocycles. The lowest BCUT2D eigenvalue weighted by Gasteiger charge is -2.32. The Hall–Kier alpha value is -2.76. The summed E-state index contributed by atoms with van der Waals surface area (Å²) in [5, 5.41) is 3.00. The normalized spacial score (nSPS) is 16.2. The lowest BCUT2D eigenvalue weighted by Crippen LogP contribution is -2.43. The van der Waals surface area contributed by atoms with E-state index in [4.69, 9.17) is 0 Å². The van der Waals surface area contributed by atoms with Crippen molar-refractivity contribution in [2.75, 3.05) is 13.1 Å². The van der Waals surface area contributed by atoms with Crippen LogP contribution < -0.4 is 5.32 Å². The molecule has 1 aliphatic heterocycles. The third-order valence-corrected chi connectivity index (χ3v) is 4.73. The molecule has 1 atom stereocenters. The van der Waals surface area contributed by atoms with Crippen LogP contribution in [0.5, 0.6) is 0 Å². The molecule has 1 aliphatic rings. The predicted molar refractivity (Wildman–Crippen MR) is 95.8 cm³/mol. The number of piperidine rings is 1. The molecule has 2 aromatic rings. The van der Waals surface area contributed by atoms with Crippen LogP contribution in [0.1, 0.15) is 41.9 Å². The van der Waals surface area contributed by atoms with Crippen LogP contribution in [0.2, 0.25) is 0 Å². The minimum atomic E-state index is -0.362. The highest BCUT2D eigenvalue weighted by Crippen LogP contribution is 2.21. The van der Waals surface area contributed by atoms with Gasteiger partial charge in [0.2, 0.25) is 5.91 Å². The van der Waals surface area contributed by atoms with E-state index in [2.05, 4.69) is 10.3 Å². The molecule has 0 saturated carbocycles. The molecular weight excluding hydrogens is 333 g/mol. The van der Waals surface area contributed by atoms with Crippen LogP contribution in [0.4, 0.5) is 4.39 Å². The second kappa shape index (κ2) is 8.08. The first-order valence-corrected chi connectivity index (χ1v) is 8.81. The Labute approximate surface area is 152 Å². The SMILES string of the molecule is C[C@H](NC(=O)C1CCN(C(=O)c2ccc(F)cc2)CC1)c1ccccn1. The van der Waals surface area contributed by atoms with Crippen molar-refractivity contribution in [3.8, 4) is 0 Å². The number of carbonyl (C=O) groups excluding carboxylic acids is 2. The molecule has 136 valence electrons. The molecule has 1 N–H and O–H groups in total. The molecule has 0 bridgehead atoms. The van der Waals surface area contributed by atoms with Gasteiger partial charge in [-0.3, -0.25) is 14.6 Å². The second-order valence-electron chi connectivity index (χ2n) is 6.56. The highest BCUT2D eigenvalue weighted by Gasteiger charge is 2.28. The molecule has 5 nitrogen and oxygen atoms in total. The summed E-state index contributed by atoms with van der Waals surface area (Å²) >= 11 is 0. The van der Waals surface area contributed by atoms with Crippen molar-refractivity contribution in [1.82, 2.24) is 15.2 Å². The standard InChI is InChI=1S/C20H22FN3O2/c1-14(18-4-2-3-11-22-18)23-19(25)15-9-12-24(13-10-15)20(26)16-5-7-17(21)8-6-16/h2-8,11,14-15H,9-10,12-13H2,1H3,(H,23,25)/t14-/m0/s1. The van der Waals surface area contributed by atoms with Crippen molar-refractivity contribution in [2.45, 2.75) is 25.8 Å². The number of aromatic nitrogens is 1. The minimum Gasteiger partial charge on any atom is -0.348 e. The maximum Gasteiger partial charge on any atom is 0.253 e. The number of hydrogen-bond donors (Lipinski definition) is 1. The van der Waals surface area contributed by atoms with Gasteiger partial charge in [0.25, 0.3) is 5.91 Å². The number of nitrogens with one attached hydrogen (secondary N) is 1. The van der Waals surface area contributed by atoms with Crippen molar-refractivity contribution >= 4 is 11.8 Å². The summed E-state index contributed by atoms with van der Waals surface area (Å²) in [7, 11) is 0. The van der Waals surface area contributed by atoms with Gasteiger partial charge in [-0.2, -0.15) is 0 Å². The van der Waals surface area contributed by atoms with E-state index in [1.165, 1.54) is 24.3 Å². The Morgan fingerprint density at radius 2 is 1.85 bits per heavy atom. The fourth-order valence-electron chi connectivity index (χ4n) is 3.16. The first-order chi connectivity index (χ1) is 12.5. The van der Waals surface area contributed by atoms with E-state index >= 15 is 0 Å². The third-order valence-electron chi connectivity index (χ3n) is 4.73. The molecule has 0 radical (unpaired) electrons. The summed E-state index contributed by atoms with van der Waals surface area (Å²) in [6, 6.07) is 11.0. The van der Waals surface area contributed by atoms with E-state index in [1.807, 2.05) is 25.1 Å². The first kappa shape index (κ1) is 18.0. The molecule has 6 heteroatoms. The average Bonchev–Trinajstić information content (AvgIpc) is 2.69. The summed E-state index contributed by atoms with van der Waals surface area (Å²) in [6.07, 6.45) is 2.94. The van der Waals surface area contributed by atoms with Crippen LogP contribution in [0.3, 0.4) is 0 Å². The number of likely N-dealkylation sites (tertiary alicyclic amines) is 1.